The van der Waals surface area contributed by atoms with Crippen LogP contribution in [0.2, 0.25) is 5.02 Å². The predicted molar refractivity (Wildman–Crippen MR) is 79.2 cm³/mol. The number of amides is 1. The zero-order chi connectivity index (χ0) is 15.0. The van der Waals surface area contributed by atoms with Gasteiger partial charge >= 0.3 is 5.97 Å². The van der Waals surface area contributed by atoms with Crippen molar-refractivity contribution in [2.45, 2.75) is 44.2 Å². The second kappa shape index (κ2) is 5.68. The summed E-state index contributed by atoms with van der Waals surface area (Å²) in [5.41, 5.74) is 0.967. The second-order valence-corrected chi connectivity index (χ2v) is 6.28. The van der Waals surface area contributed by atoms with Crippen molar-refractivity contribution in [2.24, 2.45) is 5.92 Å². The Morgan fingerprint density at radius 1 is 1.29 bits per heavy atom. The third-order valence-corrected chi connectivity index (χ3v) is 5.08. The normalized spacial score (nSPS) is 27.1. The summed E-state index contributed by atoms with van der Waals surface area (Å²) in [6.07, 6.45) is 3.36. The minimum absolute atomic E-state index is 0.0613. The van der Waals surface area contributed by atoms with Crippen LogP contribution in [0.15, 0.2) is 24.3 Å². The summed E-state index contributed by atoms with van der Waals surface area (Å²) < 4.78 is 0. The Hall–Kier alpha value is -1.55. The molecule has 1 aromatic rings. The van der Waals surface area contributed by atoms with Gasteiger partial charge in [0.25, 0.3) is 0 Å². The van der Waals surface area contributed by atoms with Gasteiger partial charge in [0.05, 0.1) is 5.92 Å². The van der Waals surface area contributed by atoms with Crippen molar-refractivity contribution < 1.29 is 14.7 Å². The smallest absolute Gasteiger partial charge is 0.308 e. The summed E-state index contributed by atoms with van der Waals surface area (Å²) in [5.74, 6) is -1.09. The molecule has 0 saturated carbocycles. The molecule has 2 fully saturated rings. The van der Waals surface area contributed by atoms with Gasteiger partial charge in [-0.05, 0) is 37.3 Å². The van der Waals surface area contributed by atoms with Crippen molar-refractivity contribution in [3.8, 4) is 0 Å². The van der Waals surface area contributed by atoms with E-state index in [1.165, 1.54) is 0 Å². The summed E-state index contributed by atoms with van der Waals surface area (Å²) in [4.78, 5) is 25.5. The van der Waals surface area contributed by atoms with Gasteiger partial charge in [-0.25, -0.2) is 0 Å². The molecule has 1 N–H and O–H groups in total. The summed E-state index contributed by atoms with van der Waals surface area (Å²) >= 11 is 6.10. The van der Waals surface area contributed by atoms with Crippen LogP contribution in [0.3, 0.4) is 0 Å². The molecule has 3 rings (SSSR count). The summed E-state index contributed by atoms with van der Waals surface area (Å²) in [6, 6.07) is 7.54. The summed E-state index contributed by atoms with van der Waals surface area (Å²) in [5, 5.41) is 9.90. The van der Waals surface area contributed by atoms with E-state index in [2.05, 4.69) is 0 Å². The number of fused-ring (bicyclic) bond motifs is 2. The monoisotopic (exact) mass is 307 g/mol. The summed E-state index contributed by atoms with van der Waals surface area (Å²) in [7, 11) is 0. The van der Waals surface area contributed by atoms with Crippen LogP contribution in [0.4, 0.5) is 0 Å². The number of carbonyl (C=O) groups excluding carboxylic acids is 1. The number of aryl methyl sites for hydroxylation is 1. The quantitative estimate of drug-likeness (QED) is 0.930. The third-order valence-electron chi connectivity index (χ3n) is 4.71. The molecule has 1 amide bonds. The van der Waals surface area contributed by atoms with E-state index in [0.717, 1.165) is 18.4 Å². The van der Waals surface area contributed by atoms with Gasteiger partial charge < -0.3 is 10.0 Å². The first-order valence-electron chi connectivity index (χ1n) is 7.35. The average Bonchev–Trinajstić information content (AvgIpc) is 3.04. The van der Waals surface area contributed by atoms with Crippen molar-refractivity contribution in [2.75, 3.05) is 0 Å². The molecule has 0 aliphatic carbocycles. The fraction of sp³-hybridized carbons (Fsp3) is 0.500. The molecule has 4 nitrogen and oxygen atoms in total. The highest BCUT2D eigenvalue weighted by atomic mass is 35.5. The molecule has 2 aliphatic heterocycles. The highest BCUT2D eigenvalue weighted by Gasteiger charge is 2.50. The number of hydrogen-bond donors (Lipinski definition) is 1. The Bertz CT molecular complexity index is 574. The molecule has 2 aliphatic rings. The number of halogens is 1. The zero-order valence-electron chi connectivity index (χ0n) is 11.7. The maximum absolute atomic E-state index is 12.4. The first kappa shape index (κ1) is 14.4. The fourth-order valence-electron chi connectivity index (χ4n) is 3.71. The topological polar surface area (TPSA) is 57.6 Å². The largest absolute Gasteiger partial charge is 0.481 e. The lowest BCUT2D eigenvalue weighted by Crippen LogP contribution is -2.37. The van der Waals surface area contributed by atoms with Crippen LogP contribution in [0, 0.1) is 5.92 Å². The lowest BCUT2D eigenvalue weighted by atomic mass is 9.89. The maximum Gasteiger partial charge on any atom is 0.308 e. The third kappa shape index (κ3) is 2.64. The van der Waals surface area contributed by atoms with Crippen molar-refractivity contribution in [3.05, 3.63) is 34.9 Å². The molecular weight excluding hydrogens is 290 g/mol. The molecule has 21 heavy (non-hydrogen) atoms. The van der Waals surface area contributed by atoms with Crippen LogP contribution >= 0.6 is 11.6 Å². The van der Waals surface area contributed by atoms with Crippen LogP contribution in [0.25, 0.3) is 0 Å². The Labute approximate surface area is 128 Å². The van der Waals surface area contributed by atoms with Crippen molar-refractivity contribution in [3.63, 3.8) is 0 Å². The molecule has 5 heteroatoms. The van der Waals surface area contributed by atoms with Gasteiger partial charge in [0.15, 0.2) is 0 Å². The first-order valence-corrected chi connectivity index (χ1v) is 7.73. The number of carboxylic acids is 1. The SMILES string of the molecule is O=C(O)C1CC2CCC1N2C(=O)CCc1ccccc1Cl. The second-order valence-electron chi connectivity index (χ2n) is 5.87. The van der Waals surface area contributed by atoms with Crippen LogP contribution in [0.5, 0.6) is 0 Å². The maximum atomic E-state index is 12.4. The summed E-state index contributed by atoms with van der Waals surface area (Å²) in [6.45, 7) is 0. The van der Waals surface area contributed by atoms with Gasteiger partial charge in [-0.1, -0.05) is 29.8 Å². The number of rotatable bonds is 4. The molecule has 2 bridgehead atoms. The van der Waals surface area contributed by atoms with Crippen molar-refractivity contribution >= 4 is 23.5 Å². The molecule has 0 radical (unpaired) electrons. The van der Waals surface area contributed by atoms with Gasteiger partial charge in [-0.15, -0.1) is 0 Å². The molecule has 2 saturated heterocycles. The zero-order valence-corrected chi connectivity index (χ0v) is 12.4. The number of benzene rings is 1. The van der Waals surface area contributed by atoms with Crippen LogP contribution in [-0.2, 0) is 16.0 Å². The van der Waals surface area contributed by atoms with E-state index in [0.29, 0.717) is 24.3 Å². The van der Waals surface area contributed by atoms with Gasteiger partial charge in [0, 0.05) is 23.5 Å². The van der Waals surface area contributed by atoms with E-state index < -0.39 is 5.97 Å². The molecule has 0 aromatic heterocycles. The van der Waals surface area contributed by atoms with E-state index in [1.54, 1.807) is 0 Å². The van der Waals surface area contributed by atoms with Crippen molar-refractivity contribution in [1.29, 1.82) is 0 Å². The van der Waals surface area contributed by atoms with E-state index in [-0.39, 0.29) is 23.9 Å². The highest BCUT2D eigenvalue weighted by molar-refractivity contribution is 6.31. The number of carboxylic acid groups (broad SMARTS) is 1. The minimum atomic E-state index is -0.772. The standard InChI is InChI=1S/C16H18ClNO3/c17-13-4-2-1-3-10(13)5-8-15(19)18-11-6-7-14(18)12(9-11)16(20)21/h1-4,11-12,14H,5-9H2,(H,20,21). The van der Waals surface area contributed by atoms with E-state index >= 15 is 0 Å². The Morgan fingerprint density at radius 2 is 2.05 bits per heavy atom. The molecule has 3 atom stereocenters. The molecule has 3 unspecified atom stereocenters. The first-order chi connectivity index (χ1) is 10.1. The Kier molecular flexibility index (Phi) is 3.89. The van der Waals surface area contributed by atoms with Crippen LogP contribution in [0.1, 0.15) is 31.2 Å². The van der Waals surface area contributed by atoms with Gasteiger partial charge in [-0.3, -0.25) is 9.59 Å². The lowest BCUT2D eigenvalue weighted by Gasteiger charge is -2.23. The van der Waals surface area contributed by atoms with E-state index in [9.17, 15) is 14.7 Å². The lowest BCUT2D eigenvalue weighted by molar-refractivity contribution is -0.143. The van der Waals surface area contributed by atoms with Gasteiger partial charge in [0.2, 0.25) is 5.91 Å². The number of aliphatic carboxylic acids is 1. The van der Waals surface area contributed by atoms with Crippen molar-refractivity contribution in [1.82, 2.24) is 4.90 Å². The fourth-order valence-corrected chi connectivity index (χ4v) is 3.94. The van der Waals surface area contributed by atoms with Crippen LogP contribution < -0.4 is 0 Å². The molecule has 112 valence electrons. The van der Waals surface area contributed by atoms with Crippen LogP contribution in [-0.4, -0.2) is 34.0 Å². The molecule has 1 aromatic carbocycles. The predicted octanol–water partition coefficient (Wildman–Crippen LogP) is 2.74. The van der Waals surface area contributed by atoms with Gasteiger partial charge in [-0.2, -0.15) is 0 Å². The highest BCUT2D eigenvalue weighted by Crippen LogP contribution is 2.42. The minimum Gasteiger partial charge on any atom is -0.481 e. The van der Waals surface area contributed by atoms with Gasteiger partial charge in [0.1, 0.15) is 0 Å². The number of hydrogen-bond acceptors (Lipinski definition) is 2. The van der Waals surface area contributed by atoms with E-state index in [4.69, 9.17) is 11.6 Å². The Balaban J connectivity index is 1.64. The molecule has 2 heterocycles. The number of nitrogens with zero attached hydrogens (tertiary/aromatic N) is 1. The Morgan fingerprint density at radius 3 is 2.71 bits per heavy atom. The average molecular weight is 308 g/mol. The number of carbonyl (C=O) groups is 2. The van der Waals surface area contributed by atoms with E-state index in [1.807, 2.05) is 29.2 Å². The molecular formula is C16H18ClNO3. The molecule has 0 spiro atoms.